The van der Waals surface area contributed by atoms with Crippen molar-refractivity contribution in [3.63, 3.8) is 0 Å². The average molecular weight is 497 g/mol. The number of ether oxygens (including phenoxy) is 1. The maximum Gasteiger partial charge on any atom is 0.291 e. The van der Waals surface area contributed by atoms with Crippen LogP contribution in [0.4, 0.5) is 14.5 Å². The van der Waals surface area contributed by atoms with Crippen molar-refractivity contribution in [3.8, 4) is 10.7 Å². The molecule has 3 fully saturated rings. The molecule has 33 heavy (non-hydrogen) atoms. The predicted octanol–water partition coefficient (Wildman–Crippen LogP) is 2.70. The van der Waals surface area contributed by atoms with Gasteiger partial charge in [-0.2, -0.15) is 0 Å². The van der Waals surface area contributed by atoms with Crippen LogP contribution < -0.4 is 9.62 Å². The average Bonchev–Trinajstić information content (AvgIpc) is 3.27. The first-order valence-electron chi connectivity index (χ1n) is 10.7. The number of hydrogen-bond donors (Lipinski definition) is 1. The van der Waals surface area contributed by atoms with Crippen molar-refractivity contribution in [2.75, 3.05) is 31.2 Å². The molecule has 0 radical (unpaired) electrons. The van der Waals surface area contributed by atoms with Crippen molar-refractivity contribution < 1.29 is 21.9 Å². The molecule has 3 aromatic rings. The summed E-state index contributed by atoms with van der Waals surface area (Å²) >= 11 is 0.770. The smallest absolute Gasteiger partial charge is 0.291 e. The minimum Gasteiger partial charge on any atom is -0.381 e. The maximum atomic E-state index is 13.2. The Bertz CT molecular complexity index is 1320. The van der Waals surface area contributed by atoms with E-state index in [1.807, 2.05) is 6.92 Å². The number of nitrogens with zero attached hydrogens (tertiary/aromatic N) is 5. The lowest BCUT2D eigenvalue weighted by atomic mass is 10.0. The first-order chi connectivity index (χ1) is 15.7. The van der Waals surface area contributed by atoms with E-state index in [4.69, 9.17) is 4.74 Å². The van der Waals surface area contributed by atoms with E-state index in [2.05, 4.69) is 24.8 Å². The van der Waals surface area contributed by atoms with Gasteiger partial charge in [0.2, 0.25) is 10.0 Å². The molecular formula is C20H22F2N6O3S2. The van der Waals surface area contributed by atoms with Crippen LogP contribution >= 0.6 is 11.3 Å². The zero-order valence-electron chi connectivity index (χ0n) is 17.7. The Kier molecular flexibility index (Phi) is 4.77. The van der Waals surface area contributed by atoms with E-state index in [0.29, 0.717) is 42.1 Å². The molecule has 13 heteroatoms. The van der Waals surface area contributed by atoms with Crippen LogP contribution in [0.5, 0.6) is 0 Å². The molecule has 1 N–H and O–H groups in total. The Hall–Kier alpha value is -2.22. The van der Waals surface area contributed by atoms with Gasteiger partial charge in [-0.05, 0) is 25.8 Å². The monoisotopic (exact) mass is 496 g/mol. The van der Waals surface area contributed by atoms with Crippen LogP contribution in [0.2, 0.25) is 0 Å². The van der Waals surface area contributed by atoms with E-state index in [0.717, 1.165) is 37.3 Å². The number of aromatic nitrogens is 4. The molecule has 9 nitrogen and oxygen atoms in total. The highest BCUT2D eigenvalue weighted by Gasteiger charge is 2.42. The summed E-state index contributed by atoms with van der Waals surface area (Å²) in [5.41, 5.74) is 1.24. The molecule has 0 aromatic carbocycles. The maximum absolute atomic E-state index is 13.2. The number of halogens is 2. The van der Waals surface area contributed by atoms with Gasteiger partial charge >= 0.3 is 0 Å². The lowest BCUT2D eigenvalue weighted by Gasteiger charge is -2.22. The first-order valence-corrected chi connectivity index (χ1v) is 13.0. The van der Waals surface area contributed by atoms with Crippen molar-refractivity contribution in [3.05, 3.63) is 23.5 Å². The van der Waals surface area contributed by atoms with Gasteiger partial charge < -0.3 is 9.64 Å². The first kappa shape index (κ1) is 21.3. The SMILES string of the molecule is CC1(NS(=O)(=O)c2cc(N3C[C@H]4COC[C@H]4C3)c3ncc(-c4nnc(C(F)F)s4)n3c2)CC1. The molecule has 1 aliphatic carbocycles. The third kappa shape index (κ3) is 3.70. The number of rotatable bonds is 6. The highest BCUT2D eigenvalue weighted by atomic mass is 32.2. The summed E-state index contributed by atoms with van der Waals surface area (Å²) in [6.45, 7) is 4.74. The van der Waals surface area contributed by atoms with Crippen molar-refractivity contribution in [1.29, 1.82) is 0 Å². The summed E-state index contributed by atoms with van der Waals surface area (Å²) in [5, 5.41) is 7.33. The second kappa shape index (κ2) is 7.39. The summed E-state index contributed by atoms with van der Waals surface area (Å²) in [6.07, 6.45) is 1.86. The van der Waals surface area contributed by atoms with E-state index in [1.54, 1.807) is 10.5 Å². The highest BCUT2D eigenvalue weighted by molar-refractivity contribution is 7.89. The quantitative estimate of drug-likeness (QED) is 0.560. The molecule has 2 aliphatic heterocycles. The predicted molar refractivity (Wildman–Crippen MR) is 117 cm³/mol. The number of nitrogens with one attached hydrogen (secondary N) is 1. The lowest BCUT2D eigenvalue weighted by molar-refractivity contribution is 0.150. The van der Waals surface area contributed by atoms with Gasteiger partial charge in [-0.3, -0.25) is 4.40 Å². The molecule has 1 saturated carbocycles. The van der Waals surface area contributed by atoms with Gasteiger partial charge in [0.05, 0.1) is 25.1 Å². The normalized spacial score (nSPS) is 24.2. The number of anilines is 1. The second-order valence-corrected chi connectivity index (χ2v) is 12.0. The Balaban J connectivity index is 1.48. The van der Waals surface area contributed by atoms with Crippen LogP contribution in [-0.2, 0) is 14.8 Å². The number of fused-ring (bicyclic) bond motifs is 2. The van der Waals surface area contributed by atoms with Gasteiger partial charge in [0.1, 0.15) is 10.6 Å². The third-order valence-corrected chi connectivity index (χ3v) is 9.24. The molecule has 2 atom stereocenters. The molecular weight excluding hydrogens is 474 g/mol. The summed E-state index contributed by atoms with van der Waals surface area (Å²) in [6, 6.07) is 1.66. The number of imidazole rings is 1. The molecule has 176 valence electrons. The Labute approximate surface area is 192 Å². The molecule has 3 aliphatic rings. The van der Waals surface area contributed by atoms with E-state index in [1.165, 1.54) is 12.4 Å². The minimum atomic E-state index is -3.81. The number of pyridine rings is 1. The van der Waals surface area contributed by atoms with Crippen molar-refractivity contribution in [2.24, 2.45) is 11.8 Å². The van der Waals surface area contributed by atoms with E-state index < -0.39 is 22.0 Å². The zero-order valence-corrected chi connectivity index (χ0v) is 19.4. The van der Waals surface area contributed by atoms with Gasteiger partial charge in [-0.1, -0.05) is 11.3 Å². The zero-order chi connectivity index (χ0) is 23.0. The third-order valence-electron chi connectivity index (χ3n) is 6.68. The summed E-state index contributed by atoms with van der Waals surface area (Å²) in [5.74, 6) is 0.778. The molecule has 0 bridgehead atoms. The molecule has 0 amide bonds. The molecule has 6 rings (SSSR count). The van der Waals surface area contributed by atoms with Crippen LogP contribution in [0.3, 0.4) is 0 Å². The van der Waals surface area contributed by atoms with E-state index in [-0.39, 0.29) is 14.9 Å². The largest absolute Gasteiger partial charge is 0.381 e. The van der Waals surface area contributed by atoms with Gasteiger partial charge in [-0.25, -0.2) is 26.9 Å². The van der Waals surface area contributed by atoms with Crippen LogP contribution in [0.15, 0.2) is 23.4 Å². The number of sulfonamides is 1. The van der Waals surface area contributed by atoms with Crippen molar-refractivity contribution >= 4 is 32.7 Å². The Morgan fingerprint density at radius 1 is 1.24 bits per heavy atom. The fourth-order valence-electron chi connectivity index (χ4n) is 4.57. The van der Waals surface area contributed by atoms with Gasteiger partial charge in [0.25, 0.3) is 6.43 Å². The molecule has 3 aromatic heterocycles. The van der Waals surface area contributed by atoms with Gasteiger partial charge in [0.15, 0.2) is 15.7 Å². The van der Waals surface area contributed by atoms with Crippen molar-refractivity contribution in [2.45, 2.75) is 36.6 Å². The highest BCUT2D eigenvalue weighted by Crippen LogP contribution is 2.39. The van der Waals surface area contributed by atoms with Crippen LogP contribution in [0.25, 0.3) is 16.3 Å². The standard InChI is InChI=1S/C20H22F2N6O3S2/c1-20(2-3-20)26-33(29,30)13-4-14(27-6-11-9-31-10-12(11)7-27)17-23-5-15(28(17)8-13)18-24-25-19(32-18)16(21)22/h4-5,8,11-12,16,26H,2-3,6-7,9-10H2,1H3/t11-,12+. The fraction of sp³-hybridized carbons (Fsp3) is 0.550. The topological polar surface area (TPSA) is 102 Å². The minimum absolute atomic E-state index is 0.101. The lowest BCUT2D eigenvalue weighted by Crippen LogP contribution is -2.34. The Morgan fingerprint density at radius 2 is 1.97 bits per heavy atom. The summed E-state index contributed by atoms with van der Waals surface area (Å²) < 4.78 is 62.7. The molecule has 0 unspecified atom stereocenters. The Morgan fingerprint density at radius 3 is 2.61 bits per heavy atom. The molecule has 2 saturated heterocycles. The number of alkyl halides is 2. The second-order valence-electron chi connectivity index (χ2n) is 9.27. The van der Waals surface area contributed by atoms with Gasteiger partial charge in [-0.15, -0.1) is 10.2 Å². The summed E-state index contributed by atoms with van der Waals surface area (Å²) in [4.78, 5) is 6.77. The van der Waals surface area contributed by atoms with Crippen LogP contribution in [0, 0.1) is 11.8 Å². The van der Waals surface area contributed by atoms with E-state index in [9.17, 15) is 17.2 Å². The molecule has 0 spiro atoms. The van der Waals surface area contributed by atoms with E-state index >= 15 is 0 Å². The number of hydrogen-bond acceptors (Lipinski definition) is 8. The molecule has 5 heterocycles. The van der Waals surface area contributed by atoms with Crippen LogP contribution in [0.1, 0.15) is 31.2 Å². The van der Waals surface area contributed by atoms with Crippen molar-refractivity contribution in [1.82, 2.24) is 24.3 Å². The summed E-state index contributed by atoms with van der Waals surface area (Å²) in [7, 11) is -3.81. The van der Waals surface area contributed by atoms with Gasteiger partial charge in [0, 0.05) is 36.7 Å². The fourth-order valence-corrected chi connectivity index (χ4v) is 6.75. The van der Waals surface area contributed by atoms with Crippen LogP contribution in [-0.4, -0.2) is 59.8 Å².